The summed E-state index contributed by atoms with van der Waals surface area (Å²) in [5, 5.41) is 8.30. The minimum atomic E-state index is -0.0763. The van der Waals surface area contributed by atoms with Crippen LogP contribution in [0.1, 0.15) is 18.4 Å². The van der Waals surface area contributed by atoms with Crippen LogP contribution in [0.5, 0.6) is 0 Å². The summed E-state index contributed by atoms with van der Waals surface area (Å²) in [7, 11) is 0. The molecule has 0 bridgehead atoms. The molecule has 0 aromatic carbocycles. The summed E-state index contributed by atoms with van der Waals surface area (Å²) < 4.78 is 0. The lowest BCUT2D eigenvalue weighted by atomic mass is 10.2. The molecule has 0 radical (unpaired) electrons. The van der Waals surface area contributed by atoms with Crippen molar-refractivity contribution in [1.29, 1.82) is 0 Å². The number of hydrogen-bond acceptors (Lipinski definition) is 2. The van der Waals surface area contributed by atoms with Crippen LogP contribution in [0, 0.1) is 0 Å². The first kappa shape index (κ1) is 10.4. The van der Waals surface area contributed by atoms with E-state index in [9.17, 15) is 4.79 Å². The molecule has 4 rings (SSSR count). The highest BCUT2D eigenvalue weighted by Gasteiger charge is 2.14. The molecular weight excluding hydrogens is 240 g/mol. The lowest BCUT2D eigenvalue weighted by molar-refractivity contribution is 1.03. The normalized spacial score (nSPS) is 15.4. The van der Waals surface area contributed by atoms with Gasteiger partial charge >= 0.3 is 0 Å². The molecule has 1 aliphatic rings. The van der Waals surface area contributed by atoms with E-state index in [-0.39, 0.29) is 5.56 Å². The molecule has 3 aromatic heterocycles. The van der Waals surface area contributed by atoms with E-state index < -0.39 is 0 Å². The summed E-state index contributed by atoms with van der Waals surface area (Å²) in [6.07, 6.45) is 7.69. The summed E-state index contributed by atoms with van der Waals surface area (Å²) >= 11 is 0. The summed E-state index contributed by atoms with van der Waals surface area (Å²) in [6, 6.07) is 3.89. The Kier molecular flexibility index (Phi) is 2.03. The zero-order valence-electron chi connectivity index (χ0n) is 10.2. The Morgan fingerprint density at radius 1 is 1.26 bits per heavy atom. The summed E-state index contributed by atoms with van der Waals surface area (Å²) in [5.41, 5.74) is 3.05. The van der Waals surface area contributed by atoms with Gasteiger partial charge in [0.1, 0.15) is 5.65 Å². The van der Waals surface area contributed by atoms with Crippen molar-refractivity contribution in [1.82, 2.24) is 20.2 Å². The fourth-order valence-electron chi connectivity index (χ4n) is 2.35. The summed E-state index contributed by atoms with van der Waals surface area (Å²) in [6.45, 7) is 0. The number of rotatable bonds is 1. The maximum Gasteiger partial charge on any atom is 0.271 e. The molecule has 94 valence electrons. The van der Waals surface area contributed by atoms with Crippen LogP contribution in [0.15, 0.2) is 29.3 Å². The smallest absolute Gasteiger partial charge is 0.271 e. The van der Waals surface area contributed by atoms with Crippen molar-refractivity contribution < 1.29 is 0 Å². The molecule has 5 heteroatoms. The Balaban J connectivity index is 2.06. The Morgan fingerprint density at radius 3 is 3.00 bits per heavy atom. The van der Waals surface area contributed by atoms with E-state index >= 15 is 0 Å². The molecule has 3 aromatic rings. The van der Waals surface area contributed by atoms with Crippen molar-refractivity contribution in [3.63, 3.8) is 0 Å². The molecule has 1 aliphatic carbocycles. The van der Waals surface area contributed by atoms with Gasteiger partial charge < -0.3 is 4.98 Å². The molecule has 1 saturated carbocycles. The largest absolute Gasteiger partial charge is 0.346 e. The molecule has 0 amide bonds. The SMILES string of the molecule is O=c1[nH][nH]c(=C2CC2)c1=Cc1c[nH]c2ncccc12. The highest BCUT2D eigenvalue weighted by molar-refractivity contribution is 5.85. The zero-order chi connectivity index (χ0) is 12.8. The fourth-order valence-corrected chi connectivity index (χ4v) is 2.35. The first-order valence-electron chi connectivity index (χ1n) is 6.25. The Labute approximate surface area is 107 Å². The molecule has 0 spiro atoms. The zero-order valence-corrected chi connectivity index (χ0v) is 10.2. The van der Waals surface area contributed by atoms with Crippen molar-refractivity contribution in [2.75, 3.05) is 0 Å². The second-order valence-electron chi connectivity index (χ2n) is 4.76. The number of nitrogens with one attached hydrogen (secondary N) is 3. The highest BCUT2D eigenvalue weighted by Crippen LogP contribution is 2.26. The van der Waals surface area contributed by atoms with Crippen molar-refractivity contribution >= 4 is 22.7 Å². The van der Waals surface area contributed by atoms with Crippen LogP contribution in [0.4, 0.5) is 0 Å². The average Bonchev–Trinajstić information content (AvgIpc) is 3.10. The number of aromatic amines is 3. The van der Waals surface area contributed by atoms with Crippen LogP contribution < -0.4 is 16.1 Å². The molecular formula is C14H12N4O. The highest BCUT2D eigenvalue weighted by atomic mass is 16.1. The molecule has 5 nitrogen and oxygen atoms in total. The standard InChI is InChI=1S/C14H12N4O/c19-14-11(12(17-18-14)8-3-4-8)6-9-7-16-13-10(9)2-1-5-15-13/h1-2,5-7,17H,3-4H2,(H,15,16)(H,18,19). The quantitative estimate of drug-likeness (QED) is 0.584. The van der Waals surface area contributed by atoms with E-state index in [2.05, 4.69) is 20.2 Å². The molecule has 0 saturated heterocycles. The number of H-pyrrole nitrogens is 3. The van der Waals surface area contributed by atoms with Crippen molar-refractivity contribution in [3.8, 4) is 0 Å². The number of fused-ring (bicyclic) bond motifs is 1. The monoisotopic (exact) mass is 252 g/mol. The van der Waals surface area contributed by atoms with Gasteiger partial charge in [-0.1, -0.05) is 0 Å². The number of aromatic nitrogens is 4. The predicted octanol–water partition coefficient (Wildman–Crippen LogP) is 0.353. The second kappa shape index (κ2) is 3.71. The molecule has 0 atom stereocenters. The number of pyridine rings is 1. The van der Waals surface area contributed by atoms with Gasteiger partial charge in [-0.25, -0.2) is 4.98 Å². The summed E-state index contributed by atoms with van der Waals surface area (Å²) in [4.78, 5) is 19.2. The van der Waals surface area contributed by atoms with Gasteiger partial charge in [0.05, 0.1) is 10.6 Å². The van der Waals surface area contributed by atoms with Gasteiger partial charge in [-0.3, -0.25) is 15.0 Å². The van der Waals surface area contributed by atoms with Crippen LogP contribution in [0.3, 0.4) is 0 Å². The second-order valence-corrected chi connectivity index (χ2v) is 4.76. The van der Waals surface area contributed by atoms with E-state index in [1.807, 2.05) is 24.4 Å². The number of nitrogens with zero attached hydrogens (tertiary/aromatic N) is 1. The Bertz CT molecular complexity index is 936. The van der Waals surface area contributed by atoms with Crippen molar-refractivity contribution in [3.05, 3.63) is 51.0 Å². The molecule has 0 aliphatic heterocycles. The van der Waals surface area contributed by atoms with Crippen LogP contribution in [0.25, 0.3) is 22.7 Å². The number of hydrogen-bond donors (Lipinski definition) is 3. The Hall–Kier alpha value is -2.56. The van der Waals surface area contributed by atoms with Crippen molar-refractivity contribution in [2.24, 2.45) is 0 Å². The summed E-state index contributed by atoms with van der Waals surface area (Å²) in [5.74, 6) is 0. The van der Waals surface area contributed by atoms with Gasteiger partial charge in [0.25, 0.3) is 5.56 Å². The van der Waals surface area contributed by atoms with E-state index in [1.54, 1.807) is 6.20 Å². The van der Waals surface area contributed by atoms with Crippen molar-refractivity contribution in [2.45, 2.75) is 12.8 Å². The molecule has 3 heterocycles. The van der Waals surface area contributed by atoms with E-state index in [0.29, 0.717) is 5.22 Å². The van der Waals surface area contributed by atoms with Gasteiger partial charge in [0, 0.05) is 23.3 Å². The predicted molar refractivity (Wildman–Crippen MR) is 73.0 cm³/mol. The Morgan fingerprint density at radius 2 is 2.16 bits per heavy atom. The molecule has 19 heavy (non-hydrogen) atoms. The minimum absolute atomic E-state index is 0.0763. The maximum absolute atomic E-state index is 11.9. The average molecular weight is 252 g/mol. The van der Waals surface area contributed by atoms with Gasteiger partial charge in [-0.2, -0.15) is 0 Å². The van der Waals surface area contributed by atoms with Gasteiger partial charge in [0.2, 0.25) is 0 Å². The van der Waals surface area contributed by atoms with E-state index in [4.69, 9.17) is 0 Å². The molecule has 3 N–H and O–H groups in total. The van der Waals surface area contributed by atoms with Gasteiger partial charge in [-0.05, 0) is 36.6 Å². The first-order valence-corrected chi connectivity index (χ1v) is 6.25. The topological polar surface area (TPSA) is 77.3 Å². The van der Waals surface area contributed by atoms with E-state index in [0.717, 1.165) is 34.8 Å². The third kappa shape index (κ3) is 1.62. The van der Waals surface area contributed by atoms with Crippen LogP contribution in [-0.4, -0.2) is 20.2 Å². The van der Waals surface area contributed by atoms with Gasteiger partial charge in [0.15, 0.2) is 0 Å². The van der Waals surface area contributed by atoms with Gasteiger partial charge in [-0.15, -0.1) is 0 Å². The van der Waals surface area contributed by atoms with Crippen LogP contribution >= 0.6 is 0 Å². The van der Waals surface area contributed by atoms with Crippen LogP contribution in [0.2, 0.25) is 0 Å². The lowest BCUT2D eigenvalue weighted by Crippen LogP contribution is -2.33. The fraction of sp³-hybridized carbons (Fsp3) is 0.143. The molecule has 1 fully saturated rings. The third-order valence-electron chi connectivity index (χ3n) is 3.45. The lowest BCUT2D eigenvalue weighted by Gasteiger charge is -1.88. The van der Waals surface area contributed by atoms with E-state index in [1.165, 1.54) is 5.57 Å². The minimum Gasteiger partial charge on any atom is -0.346 e. The maximum atomic E-state index is 11.9. The third-order valence-corrected chi connectivity index (χ3v) is 3.45. The van der Waals surface area contributed by atoms with Crippen LogP contribution in [-0.2, 0) is 0 Å². The molecule has 0 unspecified atom stereocenters. The first-order chi connectivity index (χ1) is 9.33.